The highest BCUT2D eigenvalue weighted by Crippen LogP contribution is 2.16. The molecule has 1 aliphatic rings. The zero-order valence-corrected chi connectivity index (χ0v) is 13.5. The van der Waals surface area contributed by atoms with Gasteiger partial charge < -0.3 is 14.5 Å². The summed E-state index contributed by atoms with van der Waals surface area (Å²) in [5.74, 6) is 0.725. The minimum atomic E-state index is -0.345. The van der Waals surface area contributed by atoms with Gasteiger partial charge in [-0.25, -0.2) is 9.37 Å². The molecule has 0 N–H and O–H groups in total. The Morgan fingerprint density at radius 1 is 1.17 bits per heavy atom. The number of aromatic nitrogens is 2. The molecule has 2 aromatic rings. The van der Waals surface area contributed by atoms with Gasteiger partial charge in [-0.2, -0.15) is 4.98 Å². The van der Waals surface area contributed by atoms with Crippen LogP contribution in [0.5, 0.6) is 5.88 Å². The molecule has 7 heteroatoms. The summed E-state index contributed by atoms with van der Waals surface area (Å²) in [6.45, 7) is 4.87. The van der Waals surface area contributed by atoms with Crippen LogP contribution in [0.3, 0.4) is 0 Å². The molecule has 1 aromatic heterocycles. The van der Waals surface area contributed by atoms with Crippen LogP contribution in [-0.2, 0) is 0 Å². The van der Waals surface area contributed by atoms with Crippen LogP contribution in [-0.4, -0.2) is 53.6 Å². The molecule has 0 atom stereocenters. The summed E-state index contributed by atoms with van der Waals surface area (Å²) in [5, 5.41) is 0. The van der Waals surface area contributed by atoms with Crippen LogP contribution in [0.2, 0.25) is 0 Å². The van der Waals surface area contributed by atoms with Gasteiger partial charge in [0.15, 0.2) is 0 Å². The lowest BCUT2D eigenvalue weighted by atomic mass is 10.2. The van der Waals surface area contributed by atoms with E-state index in [1.54, 1.807) is 17.2 Å². The van der Waals surface area contributed by atoms with E-state index in [1.807, 2.05) is 11.8 Å². The van der Waals surface area contributed by atoms with E-state index in [0.717, 1.165) is 0 Å². The van der Waals surface area contributed by atoms with Gasteiger partial charge in [-0.15, -0.1) is 0 Å². The lowest BCUT2D eigenvalue weighted by Gasteiger charge is -2.34. The van der Waals surface area contributed by atoms with Crippen molar-refractivity contribution in [2.45, 2.75) is 6.92 Å². The first kappa shape index (κ1) is 16.2. The Morgan fingerprint density at radius 2 is 1.88 bits per heavy atom. The summed E-state index contributed by atoms with van der Waals surface area (Å²) in [5.41, 5.74) is 0.499. The van der Waals surface area contributed by atoms with Crippen LogP contribution in [0.4, 0.5) is 10.3 Å². The zero-order chi connectivity index (χ0) is 16.9. The van der Waals surface area contributed by atoms with Crippen molar-refractivity contribution in [1.82, 2.24) is 14.9 Å². The van der Waals surface area contributed by atoms with Crippen molar-refractivity contribution in [3.8, 4) is 5.88 Å². The van der Waals surface area contributed by atoms with Gasteiger partial charge in [-0.05, 0) is 31.2 Å². The van der Waals surface area contributed by atoms with E-state index in [4.69, 9.17) is 4.74 Å². The number of anilines is 1. The van der Waals surface area contributed by atoms with Gasteiger partial charge in [-0.3, -0.25) is 4.79 Å². The number of carbonyl (C=O) groups is 1. The number of nitrogens with zero attached hydrogens (tertiary/aromatic N) is 4. The van der Waals surface area contributed by atoms with Gasteiger partial charge in [0, 0.05) is 44.0 Å². The lowest BCUT2D eigenvalue weighted by molar-refractivity contribution is 0.0746. The van der Waals surface area contributed by atoms with Crippen LogP contribution in [0, 0.1) is 5.82 Å². The molecule has 1 aromatic carbocycles. The SMILES string of the molecule is CCOc1ccnc(N2CCN(C(=O)c3ccc(F)cc3)CC2)n1. The summed E-state index contributed by atoms with van der Waals surface area (Å²) >= 11 is 0. The minimum Gasteiger partial charge on any atom is -0.478 e. The third kappa shape index (κ3) is 3.61. The minimum absolute atomic E-state index is 0.0846. The molecule has 1 saturated heterocycles. The van der Waals surface area contributed by atoms with Crippen molar-refractivity contribution >= 4 is 11.9 Å². The Labute approximate surface area is 139 Å². The van der Waals surface area contributed by atoms with Crippen LogP contribution >= 0.6 is 0 Å². The topological polar surface area (TPSA) is 58.6 Å². The van der Waals surface area contributed by atoms with Gasteiger partial charge in [-0.1, -0.05) is 0 Å². The molecular formula is C17H19FN4O2. The van der Waals surface area contributed by atoms with Crippen molar-refractivity contribution in [3.63, 3.8) is 0 Å². The normalized spacial score (nSPS) is 14.6. The van der Waals surface area contributed by atoms with E-state index in [9.17, 15) is 9.18 Å². The van der Waals surface area contributed by atoms with Crippen molar-refractivity contribution < 1.29 is 13.9 Å². The van der Waals surface area contributed by atoms with E-state index in [1.165, 1.54) is 24.3 Å². The first-order chi connectivity index (χ1) is 11.7. The molecule has 0 bridgehead atoms. The van der Waals surface area contributed by atoms with Gasteiger partial charge >= 0.3 is 0 Å². The summed E-state index contributed by atoms with van der Waals surface area (Å²) in [6, 6.07) is 7.35. The predicted molar refractivity (Wildman–Crippen MR) is 87.7 cm³/mol. The Hall–Kier alpha value is -2.70. The van der Waals surface area contributed by atoms with Crippen molar-refractivity contribution in [2.75, 3.05) is 37.7 Å². The fourth-order valence-electron chi connectivity index (χ4n) is 2.60. The molecule has 1 aliphatic heterocycles. The summed E-state index contributed by atoms with van der Waals surface area (Å²) in [6.07, 6.45) is 1.67. The number of ether oxygens (including phenoxy) is 1. The van der Waals surface area contributed by atoms with Gasteiger partial charge in [0.05, 0.1) is 6.61 Å². The second kappa shape index (κ2) is 7.25. The molecule has 0 unspecified atom stereocenters. The molecule has 126 valence electrons. The monoisotopic (exact) mass is 330 g/mol. The molecule has 0 radical (unpaired) electrons. The van der Waals surface area contributed by atoms with Gasteiger partial charge in [0.2, 0.25) is 11.8 Å². The third-order valence-electron chi connectivity index (χ3n) is 3.85. The Bertz CT molecular complexity index is 700. The second-order valence-electron chi connectivity index (χ2n) is 5.41. The summed E-state index contributed by atoms with van der Waals surface area (Å²) in [4.78, 5) is 24.9. The second-order valence-corrected chi connectivity index (χ2v) is 5.41. The number of halogens is 1. The summed E-state index contributed by atoms with van der Waals surface area (Å²) in [7, 11) is 0. The highest BCUT2D eigenvalue weighted by molar-refractivity contribution is 5.94. The number of hydrogen-bond acceptors (Lipinski definition) is 5. The molecule has 0 spiro atoms. The standard InChI is InChI=1S/C17H19FN4O2/c1-2-24-15-7-8-19-17(20-15)22-11-9-21(10-12-22)16(23)13-3-5-14(18)6-4-13/h3-8H,2,9-12H2,1H3. The molecule has 1 amide bonds. The van der Waals surface area contributed by atoms with Crippen molar-refractivity contribution in [1.29, 1.82) is 0 Å². The molecule has 0 aliphatic carbocycles. The van der Waals surface area contributed by atoms with E-state index in [0.29, 0.717) is 50.2 Å². The molecule has 1 fully saturated rings. The number of benzene rings is 1. The highest BCUT2D eigenvalue weighted by Gasteiger charge is 2.23. The maximum atomic E-state index is 13.0. The average molecular weight is 330 g/mol. The number of amides is 1. The van der Waals surface area contributed by atoms with Crippen LogP contribution in [0.1, 0.15) is 17.3 Å². The number of piperazine rings is 1. The van der Waals surface area contributed by atoms with Crippen LogP contribution in [0.15, 0.2) is 36.5 Å². The fourth-order valence-corrected chi connectivity index (χ4v) is 2.60. The van der Waals surface area contributed by atoms with Crippen LogP contribution < -0.4 is 9.64 Å². The number of hydrogen-bond donors (Lipinski definition) is 0. The number of rotatable bonds is 4. The largest absolute Gasteiger partial charge is 0.478 e. The molecular weight excluding hydrogens is 311 g/mol. The van der Waals surface area contributed by atoms with E-state index in [-0.39, 0.29) is 11.7 Å². The predicted octanol–water partition coefficient (Wildman–Crippen LogP) is 1.98. The molecule has 2 heterocycles. The smallest absolute Gasteiger partial charge is 0.253 e. The summed E-state index contributed by atoms with van der Waals surface area (Å²) < 4.78 is 18.4. The average Bonchev–Trinajstić information content (AvgIpc) is 2.62. The zero-order valence-electron chi connectivity index (χ0n) is 13.5. The van der Waals surface area contributed by atoms with E-state index < -0.39 is 0 Å². The molecule has 6 nitrogen and oxygen atoms in total. The first-order valence-electron chi connectivity index (χ1n) is 7.93. The Morgan fingerprint density at radius 3 is 2.54 bits per heavy atom. The molecule has 0 saturated carbocycles. The number of carbonyl (C=O) groups excluding carboxylic acids is 1. The quantitative estimate of drug-likeness (QED) is 0.858. The van der Waals surface area contributed by atoms with Crippen molar-refractivity contribution in [2.24, 2.45) is 0 Å². The Balaban J connectivity index is 1.62. The van der Waals surface area contributed by atoms with Gasteiger partial charge in [0.25, 0.3) is 5.91 Å². The molecule has 24 heavy (non-hydrogen) atoms. The third-order valence-corrected chi connectivity index (χ3v) is 3.85. The van der Waals surface area contributed by atoms with Gasteiger partial charge in [0.1, 0.15) is 5.82 Å². The molecule has 3 rings (SSSR count). The van der Waals surface area contributed by atoms with Crippen molar-refractivity contribution in [3.05, 3.63) is 47.9 Å². The highest BCUT2D eigenvalue weighted by atomic mass is 19.1. The fraction of sp³-hybridized carbons (Fsp3) is 0.353. The van der Waals surface area contributed by atoms with Crippen LogP contribution in [0.25, 0.3) is 0 Å². The van der Waals surface area contributed by atoms with E-state index in [2.05, 4.69) is 9.97 Å². The first-order valence-corrected chi connectivity index (χ1v) is 7.93. The Kier molecular flexibility index (Phi) is 4.88. The maximum Gasteiger partial charge on any atom is 0.253 e. The maximum absolute atomic E-state index is 13.0. The van der Waals surface area contributed by atoms with E-state index >= 15 is 0 Å². The lowest BCUT2D eigenvalue weighted by Crippen LogP contribution is -2.49.